The molecule has 2 heterocycles. The highest BCUT2D eigenvalue weighted by atomic mass is 32.1. The molecule has 1 aromatic heterocycles. The SMILES string of the molecule is O=C(CC12CC3CC(CC(C3)C1)C2)NCC(=O)N1CCc2sccc2C1. The van der Waals surface area contributed by atoms with Gasteiger partial charge in [0.05, 0.1) is 6.54 Å². The molecule has 26 heavy (non-hydrogen) atoms. The average Bonchev–Trinajstić information content (AvgIpc) is 3.05. The second-order valence-corrected chi connectivity index (χ2v) is 10.3. The minimum Gasteiger partial charge on any atom is -0.347 e. The van der Waals surface area contributed by atoms with E-state index in [0.717, 1.165) is 30.7 Å². The van der Waals surface area contributed by atoms with Gasteiger partial charge >= 0.3 is 0 Å². The maximum atomic E-state index is 12.6. The highest BCUT2D eigenvalue weighted by Gasteiger charge is 2.51. The van der Waals surface area contributed by atoms with Crippen LogP contribution >= 0.6 is 11.3 Å². The molecule has 4 aliphatic carbocycles. The van der Waals surface area contributed by atoms with Crippen LogP contribution in [-0.2, 0) is 22.6 Å². The third kappa shape index (κ3) is 3.08. The molecule has 4 bridgehead atoms. The Balaban J connectivity index is 1.14. The third-order valence-corrected chi connectivity index (χ3v) is 8.32. The first kappa shape index (κ1) is 16.8. The first-order chi connectivity index (χ1) is 12.6. The molecular formula is C21H28N2O2S. The van der Waals surface area contributed by atoms with E-state index in [2.05, 4.69) is 16.8 Å². The zero-order valence-electron chi connectivity index (χ0n) is 15.3. The van der Waals surface area contributed by atoms with Crippen molar-refractivity contribution < 1.29 is 9.59 Å². The van der Waals surface area contributed by atoms with Crippen molar-refractivity contribution in [2.75, 3.05) is 13.1 Å². The fraction of sp³-hybridized carbons (Fsp3) is 0.714. The van der Waals surface area contributed by atoms with Gasteiger partial charge in [-0.3, -0.25) is 9.59 Å². The van der Waals surface area contributed by atoms with Gasteiger partial charge in [-0.15, -0.1) is 11.3 Å². The molecule has 0 unspecified atom stereocenters. The Morgan fingerprint density at radius 1 is 1.15 bits per heavy atom. The van der Waals surface area contributed by atoms with Gasteiger partial charge in [-0.05, 0) is 85.1 Å². The van der Waals surface area contributed by atoms with Crippen LogP contribution in [0.5, 0.6) is 0 Å². The molecule has 4 saturated carbocycles. The molecule has 5 aliphatic rings. The molecule has 0 radical (unpaired) electrons. The van der Waals surface area contributed by atoms with Crippen molar-refractivity contribution in [3.63, 3.8) is 0 Å². The van der Waals surface area contributed by atoms with E-state index in [0.29, 0.717) is 13.0 Å². The van der Waals surface area contributed by atoms with Gasteiger partial charge in [0.1, 0.15) is 0 Å². The monoisotopic (exact) mass is 372 g/mol. The highest BCUT2D eigenvalue weighted by molar-refractivity contribution is 7.10. The van der Waals surface area contributed by atoms with Crippen LogP contribution in [0.1, 0.15) is 55.4 Å². The van der Waals surface area contributed by atoms with Gasteiger partial charge in [-0.25, -0.2) is 0 Å². The smallest absolute Gasteiger partial charge is 0.242 e. The van der Waals surface area contributed by atoms with E-state index in [1.54, 1.807) is 11.3 Å². The maximum Gasteiger partial charge on any atom is 0.242 e. The van der Waals surface area contributed by atoms with E-state index in [4.69, 9.17) is 0 Å². The maximum absolute atomic E-state index is 12.6. The molecule has 5 heteroatoms. The fourth-order valence-corrected chi connectivity index (χ4v) is 7.55. The minimum atomic E-state index is 0.0562. The van der Waals surface area contributed by atoms with Crippen LogP contribution in [0.3, 0.4) is 0 Å². The van der Waals surface area contributed by atoms with Crippen molar-refractivity contribution in [1.29, 1.82) is 0 Å². The predicted molar refractivity (Wildman–Crippen MR) is 102 cm³/mol. The Bertz CT molecular complexity index is 690. The summed E-state index contributed by atoms with van der Waals surface area (Å²) in [5, 5.41) is 5.05. The molecule has 0 atom stereocenters. The van der Waals surface area contributed by atoms with Crippen molar-refractivity contribution in [3.05, 3.63) is 21.9 Å². The summed E-state index contributed by atoms with van der Waals surface area (Å²) in [5.74, 6) is 2.74. The standard InChI is InChI=1S/C21H28N2O2S/c24-19(11-21-8-14-5-15(9-21)7-16(6-14)10-21)22-12-20(25)23-3-1-18-17(13-23)2-4-26-18/h2,4,14-16H,1,3,5-13H2,(H,22,24). The van der Waals surface area contributed by atoms with Gasteiger partial charge in [-0.2, -0.15) is 0 Å². The lowest BCUT2D eigenvalue weighted by Gasteiger charge is -2.56. The summed E-state index contributed by atoms with van der Waals surface area (Å²) >= 11 is 1.78. The van der Waals surface area contributed by atoms with Crippen LogP contribution in [0, 0.1) is 23.2 Å². The molecule has 140 valence electrons. The molecule has 6 rings (SSSR count). The highest BCUT2D eigenvalue weighted by Crippen LogP contribution is 2.61. The number of hydrogen-bond acceptors (Lipinski definition) is 3. The van der Waals surface area contributed by atoms with E-state index >= 15 is 0 Å². The number of nitrogens with zero attached hydrogens (tertiary/aromatic N) is 1. The lowest BCUT2D eigenvalue weighted by Crippen LogP contribution is -2.49. The van der Waals surface area contributed by atoms with Gasteiger partial charge < -0.3 is 10.2 Å². The van der Waals surface area contributed by atoms with E-state index in [-0.39, 0.29) is 23.8 Å². The molecule has 0 aromatic carbocycles. The Kier molecular flexibility index (Phi) is 4.11. The molecule has 1 aromatic rings. The largest absolute Gasteiger partial charge is 0.347 e. The van der Waals surface area contributed by atoms with E-state index in [1.807, 2.05) is 4.90 Å². The van der Waals surface area contributed by atoms with Gasteiger partial charge in [-0.1, -0.05) is 0 Å². The number of carbonyl (C=O) groups excluding carboxylic acids is 2. The fourth-order valence-electron chi connectivity index (χ4n) is 6.66. The molecule has 4 nitrogen and oxygen atoms in total. The minimum absolute atomic E-state index is 0.0562. The second-order valence-electron chi connectivity index (χ2n) is 9.31. The lowest BCUT2D eigenvalue weighted by molar-refractivity contribution is -0.136. The second kappa shape index (κ2) is 6.36. The van der Waals surface area contributed by atoms with Gasteiger partial charge in [0.15, 0.2) is 0 Å². The summed E-state index contributed by atoms with van der Waals surface area (Å²) in [7, 11) is 0. The quantitative estimate of drug-likeness (QED) is 0.881. The summed E-state index contributed by atoms with van der Waals surface area (Å²) in [4.78, 5) is 28.4. The van der Waals surface area contributed by atoms with Crippen molar-refractivity contribution >= 4 is 23.2 Å². The number of hydrogen-bond donors (Lipinski definition) is 1. The molecule has 1 N–H and O–H groups in total. The van der Waals surface area contributed by atoms with Crippen LogP contribution in [0.4, 0.5) is 0 Å². The zero-order valence-corrected chi connectivity index (χ0v) is 16.2. The Hall–Kier alpha value is -1.36. The third-order valence-electron chi connectivity index (χ3n) is 7.30. The van der Waals surface area contributed by atoms with Crippen molar-refractivity contribution in [3.8, 4) is 0 Å². The normalized spacial score (nSPS) is 34.6. The summed E-state index contributed by atoms with van der Waals surface area (Å²) in [6.07, 6.45) is 9.52. The molecule has 4 fully saturated rings. The Labute approximate surface area is 159 Å². The van der Waals surface area contributed by atoms with Crippen molar-refractivity contribution in [2.45, 2.75) is 57.9 Å². The summed E-state index contributed by atoms with van der Waals surface area (Å²) < 4.78 is 0. The van der Waals surface area contributed by atoms with Crippen LogP contribution in [0.15, 0.2) is 11.4 Å². The topological polar surface area (TPSA) is 49.4 Å². The molecule has 2 amide bonds. The number of carbonyl (C=O) groups is 2. The average molecular weight is 373 g/mol. The molecular weight excluding hydrogens is 344 g/mol. The number of amides is 2. The van der Waals surface area contributed by atoms with Crippen LogP contribution in [-0.4, -0.2) is 29.8 Å². The lowest BCUT2D eigenvalue weighted by atomic mass is 9.49. The van der Waals surface area contributed by atoms with Crippen molar-refractivity contribution in [1.82, 2.24) is 10.2 Å². The first-order valence-electron chi connectivity index (χ1n) is 10.2. The molecule has 1 aliphatic heterocycles. The van der Waals surface area contributed by atoms with E-state index in [9.17, 15) is 9.59 Å². The summed E-state index contributed by atoms with van der Waals surface area (Å²) in [6.45, 7) is 1.63. The number of fused-ring (bicyclic) bond motifs is 1. The van der Waals surface area contributed by atoms with Crippen LogP contribution < -0.4 is 5.32 Å². The number of thiophene rings is 1. The predicted octanol–water partition coefficient (Wildman–Crippen LogP) is 3.36. The van der Waals surface area contributed by atoms with Gasteiger partial charge in [0.2, 0.25) is 11.8 Å². The Morgan fingerprint density at radius 3 is 2.54 bits per heavy atom. The van der Waals surface area contributed by atoms with Crippen LogP contribution in [0.2, 0.25) is 0 Å². The number of nitrogens with one attached hydrogen (secondary N) is 1. The molecule has 0 saturated heterocycles. The summed E-state index contributed by atoms with van der Waals surface area (Å²) in [6, 6.07) is 2.12. The van der Waals surface area contributed by atoms with E-state index < -0.39 is 0 Å². The zero-order chi connectivity index (χ0) is 17.7. The van der Waals surface area contributed by atoms with Crippen LogP contribution in [0.25, 0.3) is 0 Å². The van der Waals surface area contributed by atoms with E-state index in [1.165, 1.54) is 49.0 Å². The van der Waals surface area contributed by atoms with Gasteiger partial charge in [0, 0.05) is 24.4 Å². The van der Waals surface area contributed by atoms with Crippen molar-refractivity contribution in [2.24, 2.45) is 23.2 Å². The Morgan fingerprint density at radius 2 is 1.85 bits per heavy atom. The van der Waals surface area contributed by atoms with Gasteiger partial charge in [0.25, 0.3) is 0 Å². The summed E-state index contributed by atoms with van der Waals surface area (Å²) in [5.41, 5.74) is 1.52. The first-order valence-corrected chi connectivity index (χ1v) is 11.1. The number of rotatable bonds is 4. The molecule has 0 spiro atoms.